The van der Waals surface area contributed by atoms with Crippen molar-refractivity contribution in [3.63, 3.8) is 0 Å². The average Bonchev–Trinajstić information content (AvgIpc) is 2.48. The molecule has 114 valence electrons. The lowest BCUT2D eigenvalue weighted by Crippen LogP contribution is -2.45. The van der Waals surface area contributed by atoms with Crippen LogP contribution in [0.5, 0.6) is 0 Å². The minimum atomic E-state index is -3.65. The van der Waals surface area contributed by atoms with Gasteiger partial charge >= 0.3 is 0 Å². The summed E-state index contributed by atoms with van der Waals surface area (Å²) in [5.74, 6) is 5.54. The van der Waals surface area contributed by atoms with Crippen LogP contribution in [0.15, 0.2) is 23.4 Å². The smallest absolute Gasteiger partial charge is 0.244 e. The average molecular weight is 309 g/mol. The third-order valence-electron chi connectivity index (χ3n) is 3.57. The van der Waals surface area contributed by atoms with Gasteiger partial charge in [-0.2, -0.15) is 4.31 Å². The molecule has 0 aromatic carbocycles. The number of rotatable bonds is 2. The van der Waals surface area contributed by atoms with Gasteiger partial charge in [0.2, 0.25) is 10.0 Å². The standard InChI is InChI=1S/C14H19N3O3S/c1-11-4-6-17(10-14(11)18)21(19,20)13-7-12(3-2-5-15)8-16-9-13/h7-9,11,14,18H,4-6,10,15H2,1H3. The first-order valence-corrected chi connectivity index (χ1v) is 8.21. The van der Waals surface area contributed by atoms with Crippen LogP contribution in [0.3, 0.4) is 0 Å². The zero-order valence-corrected chi connectivity index (χ0v) is 12.7. The maximum atomic E-state index is 12.6. The monoisotopic (exact) mass is 309 g/mol. The van der Waals surface area contributed by atoms with Crippen LogP contribution in [-0.4, -0.2) is 48.6 Å². The van der Waals surface area contributed by atoms with Gasteiger partial charge in [-0.15, -0.1) is 0 Å². The Hall–Kier alpha value is -1.46. The van der Waals surface area contributed by atoms with Crippen molar-refractivity contribution in [2.45, 2.75) is 24.3 Å². The van der Waals surface area contributed by atoms with E-state index in [1.165, 1.54) is 22.8 Å². The van der Waals surface area contributed by atoms with E-state index in [1.54, 1.807) is 0 Å². The molecule has 7 heteroatoms. The molecule has 1 fully saturated rings. The molecule has 2 rings (SSSR count). The van der Waals surface area contributed by atoms with Gasteiger partial charge in [0.05, 0.1) is 12.6 Å². The van der Waals surface area contributed by atoms with Crippen LogP contribution in [-0.2, 0) is 10.0 Å². The van der Waals surface area contributed by atoms with E-state index in [9.17, 15) is 13.5 Å². The molecule has 0 radical (unpaired) electrons. The van der Waals surface area contributed by atoms with Gasteiger partial charge in [-0.25, -0.2) is 8.42 Å². The number of β-amino-alcohol motifs (C(OH)–C–C–N with tert-alkyl or cyclic N) is 1. The highest BCUT2D eigenvalue weighted by atomic mass is 32.2. The summed E-state index contributed by atoms with van der Waals surface area (Å²) in [6.07, 6.45) is 2.80. The molecule has 1 saturated heterocycles. The molecule has 1 aromatic heterocycles. The fourth-order valence-corrected chi connectivity index (χ4v) is 3.63. The zero-order chi connectivity index (χ0) is 15.5. The van der Waals surface area contributed by atoms with Gasteiger partial charge in [-0.1, -0.05) is 18.8 Å². The predicted octanol–water partition coefficient (Wildman–Crippen LogP) is -0.217. The van der Waals surface area contributed by atoms with E-state index in [4.69, 9.17) is 5.73 Å². The number of sulfonamides is 1. The molecule has 1 aliphatic rings. The van der Waals surface area contributed by atoms with Crippen LogP contribution in [0.25, 0.3) is 0 Å². The zero-order valence-electron chi connectivity index (χ0n) is 11.9. The minimum Gasteiger partial charge on any atom is -0.391 e. The van der Waals surface area contributed by atoms with Crippen molar-refractivity contribution < 1.29 is 13.5 Å². The number of aliphatic hydroxyl groups is 1. The summed E-state index contributed by atoms with van der Waals surface area (Å²) < 4.78 is 26.4. The molecule has 0 aliphatic carbocycles. The number of pyridine rings is 1. The Morgan fingerprint density at radius 1 is 1.52 bits per heavy atom. The van der Waals surface area contributed by atoms with Gasteiger partial charge in [0, 0.05) is 31.0 Å². The van der Waals surface area contributed by atoms with E-state index in [0.717, 1.165) is 0 Å². The lowest BCUT2D eigenvalue weighted by Gasteiger charge is -2.33. The second-order valence-electron chi connectivity index (χ2n) is 5.11. The minimum absolute atomic E-state index is 0.0908. The highest BCUT2D eigenvalue weighted by Gasteiger charge is 2.32. The summed E-state index contributed by atoms with van der Waals surface area (Å²) in [7, 11) is -3.65. The quantitative estimate of drug-likeness (QED) is 0.737. The number of aliphatic hydroxyl groups excluding tert-OH is 1. The van der Waals surface area contributed by atoms with Crippen LogP contribution in [0.1, 0.15) is 18.9 Å². The number of hydrogen-bond acceptors (Lipinski definition) is 5. The van der Waals surface area contributed by atoms with Crippen molar-refractivity contribution in [2.24, 2.45) is 11.7 Å². The molecule has 2 unspecified atom stereocenters. The maximum absolute atomic E-state index is 12.6. The first-order valence-electron chi connectivity index (χ1n) is 6.77. The first-order chi connectivity index (χ1) is 9.95. The fraction of sp³-hybridized carbons (Fsp3) is 0.500. The number of hydrogen-bond donors (Lipinski definition) is 2. The molecule has 1 aliphatic heterocycles. The molecule has 21 heavy (non-hydrogen) atoms. The van der Waals surface area contributed by atoms with Crippen molar-refractivity contribution in [1.29, 1.82) is 0 Å². The first kappa shape index (κ1) is 15.9. The lowest BCUT2D eigenvalue weighted by molar-refractivity contribution is 0.0605. The summed E-state index contributed by atoms with van der Waals surface area (Å²) in [4.78, 5) is 4.01. The lowest BCUT2D eigenvalue weighted by atomic mass is 9.98. The number of nitrogens with two attached hydrogens (primary N) is 1. The van der Waals surface area contributed by atoms with E-state index < -0.39 is 16.1 Å². The Bertz CT molecular complexity index is 664. The van der Waals surface area contributed by atoms with E-state index in [1.807, 2.05) is 6.92 Å². The Balaban J connectivity index is 2.27. The summed E-state index contributed by atoms with van der Waals surface area (Å²) in [5.41, 5.74) is 5.80. The predicted molar refractivity (Wildman–Crippen MR) is 78.7 cm³/mol. The third-order valence-corrected chi connectivity index (χ3v) is 5.40. The van der Waals surface area contributed by atoms with Crippen LogP contribution in [0.2, 0.25) is 0 Å². The third kappa shape index (κ3) is 3.60. The van der Waals surface area contributed by atoms with Gasteiger partial charge in [-0.05, 0) is 18.4 Å². The second kappa shape index (κ2) is 6.54. The Labute approximate surface area is 125 Å². The summed E-state index contributed by atoms with van der Waals surface area (Å²) in [6, 6.07) is 1.48. The maximum Gasteiger partial charge on any atom is 0.244 e. The SMILES string of the molecule is CC1CCN(S(=O)(=O)c2cncc(C#CCN)c2)CC1O. The number of piperidine rings is 1. The molecular formula is C14H19N3O3S. The van der Waals surface area contributed by atoms with Crippen molar-refractivity contribution >= 4 is 10.0 Å². The normalized spacial score (nSPS) is 23.4. The van der Waals surface area contributed by atoms with Gasteiger partial charge in [0.15, 0.2) is 0 Å². The molecule has 2 atom stereocenters. The van der Waals surface area contributed by atoms with Crippen LogP contribution >= 0.6 is 0 Å². The van der Waals surface area contributed by atoms with Crippen molar-refractivity contribution in [3.05, 3.63) is 24.0 Å². The van der Waals surface area contributed by atoms with Gasteiger partial charge in [-0.3, -0.25) is 4.98 Å². The van der Waals surface area contributed by atoms with Crippen LogP contribution < -0.4 is 5.73 Å². The summed E-state index contributed by atoms with van der Waals surface area (Å²) in [5, 5.41) is 9.87. The topological polar surface area (TPSA) is 96.5 Å². The molecule has 2 heterocycles. The van der Waals surface area contributed by atoms with Gasteiger partial charge in [0.25, 0.3) is 0 Å². The molecule has 0 bridgehead atoms. The Morgan fingerprint density at radius 3 is 2.95 bits per heavy atom. The van der Waals surface area contributed by atoms with Crippen LogP contribution in [0, 0.1) is 17.8 Å². The molecule has 0 spiro atoms. The highest BCUT2D eigenvalue weighted by Crippen LogP contribution is 2.23. The molecule has 1 aromatic rings. The largest absolute Gasteiger partial charge is 0.391 e. The number of nitrogens with zero attached hydrogens (tertiary/aromatic N) is 2. The molecule has 3 N–H and O–H groups in total. The van der Waals surface area contributed by atoms with Gasteiger partial charge < -0.3 is 10.8 Å². The van der Waals surface area contributed by atoms with E-state index >= 15 is 0 Å². The van der Waals surface area contributed by atoms with E-state index in [-0.39, 0.29) is 23.9 Å². The van der Waals surface area contributed by atoms with Crippen molar-refractivity contribution in [2.75, 3.05) is 19.6 Å². The Kier molecular flexibility index (Phi) is 4.96. The second-order valence-corrected chi connectivity index (χ2v) is 7.05. The molecule has 0 saturated carbocycles. The van der Waals surface area contributed by atoms with Crippen molar-refractivity contribution in [3.8, 4) is 11.8 Å². The Morgan fingerprint density at radius 2 is 2.29 bits per heavy atom. The van der Waals surface area contributed by atoms with E-state index in [0.29, 0.717) is 18.5 Å². The van der Waals surface area contributed by atoms with E-state index in [2.05, 4.69) is 16.8 Å². The highest BCUT2D eigenvalue weighted by molar-refractivity contribution is 7.89. The van der Waals surface area contributed by atoms with Gasteiger partial charge in [0.1, 0.15) is 4.90 Å². The fourth-order valence-electron chi connectivity index (χ4n) is 2.17. The summed E-state index contributed by atoms with van der Waals surface area (Å²) >= 11 is 0. The molecule has 0 amide bonds. The van der Waals surface area contributed by atoms with Crippen molar-refractivity contribution in [1.82, 2.24) is 9.29 Å². The molecular weight excluding hydrogens is 290 g/mol. The summed E-state index contributed by atoms with van der Waals surface area (Å²) in [6.45, 7) is 2.63. The van der Waals surface area contributed by atoms with Crippen LogP contribution in [0.4, 0.5) is 0 Å². The number of aromatic nitrogens is 1. The molecule has 6 nitrogen and oxygen atoms in total.